The Balaban J connectivity index is 2.26. The van der Waals surface area contributed by atoms with Gasteiger partial charge in [-0.3, -0.25) is 0 Å². The number of hydrogen-bond acceptors (Lipinski definition) is 3. The maximum atomic E-state index is 4.49. The third-order valence-electron chi connectivity index (χ3n) is 4.63. The summed E-state index contributed by atoms with van der Waals surface area (Å²) in [5.41, 5.74) is 0.473. The number of nitrogens with one attached hydrogen (secondary N) is 1. The number of nitrogens with zero attached hydrogens (tertiary/aromatic N) is 3. The lowest BCUT2D eigenvalue weighted by Gasteiger charge is -2.35. The van der Waals surface area contributed by atoms with Crippen LogP contribution < -0.4 is 5.32 Å². The van der Waals surface area contributed by atoms with Gasteiger partial charge in [0.25, 0.3) is 0 Å². The molecular weight excluding hydrogens is 248 g/mol. The molecule has 0 radical (unpaired) electrons. The molecule has 0 bridgehead atoms. The molecule has 20 heavy (non-hydrogen) atoms. The second kappa shape index (κ2) is 5.14. The summed E-state index contributed by atoms with van der Waals surface area (Å²) in [6, 6.07) is 0.294. The first kappa shape index (κ1) is 15.5. The molecule has 0 fully saturated rings. The quantitative estimate of drug-likeness (QED) is 0.903. The molecule has 0 aliphatic carbocycles. The summed E-state index contributed by atoms with van der Waals surface area (Å²) < 4.78 is 2.34. The van der Waals surface area contributed by atoms with Crippen LogP contribution in [-0.2, 0) is 13.0 Å². The molecule has 4 heteroatoms. The molecule has 0 aromatic carbocycles. The lowest BCUT2D eigenvalue weighted by molar-refractivity contribution is 0.227. The second-order valence-electron chi connectivity index (χ2n) is 8.35. The van der Waals surface area contributed by atoms with E-state index in [1.165, 1.54) is 0 Å². The van der Waals surface area contributed by atoms with Gasteiger partial charge in [-0.15, -0.1) is 10.2 Å². The smallest absolute Gasteiger partial charge is 0.150 e. The van der Waals surface area contributed by atoms with Gasteiger partial charge in [-0.1, -0.05) is 48.5 Å². The molecule has 0 spiro atoms. The zero-order valence-electron chi connectivity index (χ0n) is 14.1. The number of aromatic nitrogens is 3. The van der Waals surface area contributed by atoms with Gasteiger partial charge in [-0.2, -0.15) is 0 Å². The van der Waals surface area contributed by atoms with Crippen molar-refractivity contribution >= 4 is 0 Å². The molecular formula is C16H30N4. The lowest BCUT2D eigenvalue weighted by atomic mass is 9.80. The summed E-state index contributed by atoms with van der Waals surface area (Å²) in [4.78, 5) is 0. The molecule has 2 heterocycles. The van der Waals surface area contributed by atoms with Crippen LogP contribution in [0.4, 0.5) is 0 Å². The van der Waals surface area contributed by atoms with Gasteiger partial charge in [0.15, 0.2) is 5.82 Å². The van der Waals surface area contributed by atoms with Crippen molar-refractivity contribution in [3.8, 4) is 0 Å². The monoisotopic (exact) mass is 278 g/mol. The summed E-state index contributed by atoms with van der Waals surface area (Å²) in [5.74, 6) is 2.86. The fraction of sp³-hybridized carbons (Fsp3) is 0.875. The van der Waals surface area contributed by atoms with Crippen molar-refractivity contribution in [3.63, 3.8) is 0 Å². The van der Waals surface area contributed by atoms with Crippen molar-refractivity contribution in [1.29, 1.82) is 0 Å². The Hall–Kier alpha value is -0.900. The van der Waals surface area contributed by atoms with E-state index in [-0.39, 0.29) is 5.41 Å². The zero-order valence-corrected chi connectivity index (χ0v) is 14.1. The van der Waals surface area contributed by atoms with Crippen LogP contribution in [-0.4, -0.2) is 21.3 Å². The Labute approximate surface area is 123 Å². The highest BCUT2D eigenvalue weighted by atomic mass is 15.3. The van der Waals surface area contributed by atoms with Crippen molar-refractivity contribution in [1.82, 2.24) is 20.1 Å². The molecule has 114 valence electrons. The predicted octanol–water partition coefficient (Wildman–Crippen LogP) is 3.19. The standard InChI is InChI=1S/C16H30N4/c1-11(15(2,3)4)10-12-18-19-14-13(16(5,6)7)17-8-9-20(12)14/h11,13,17H,8-10H2,1-7H3. The van der Waals surface area contributed by atoms with E-state index in [4.69, 9.17) is 0 Å². The zero-order chi connectivity index (χ0) is 15.1. The third kappa shape index (κ3) is 3.05. The Morgan fingerprint density at radius 1 is 1.20 bits per heavy atom. The van der Waals surface area contributed by atoms with E-state index in [9.17, 15) is 0 Å². The van der Waals surface area contributed by atoms with Gasteiger partial charge in [-0.05, 0) is 16.7 Å². The summed E-state index contributed by atoms with van der Waals surface area (Å²) >= 11 is 0. The summed E-state index contributed by atoms with van der Waals surface area (Å²) in [7, 11) is 0. The average Bonchev–Trinajstić information content (AvgIpc) is 2.70. The minimum Gasteiger partial charge on any atom is -0.312 e. The highest BCUT2D eigenvalue weighted by Gasteiger charge is 2.34. The van der Waals surface area contributed by atoms with Crippen molar-refractivity contribution in [2.24, 2.45) is 16.7 Å². The van der Waals surface area contributed by atoms with Crippen LogP contribution in [0.25, 0.3) is 0 Å². The van der Waals surface area contributed by atoms with Gasteiger partial charge in [-0.25, -0.2) is 0 Å². The van der Waals surface area contributed by atoms with E-state index >= 15 is 0 Å². The largest absolute Gasteiger partial charge is 0.312 e. The molecule has 0 amide bonds. The van der Waals surface area contributed by atoms with E-state index in [0.29, 0.717) is 17.4 Å². The minimum absolute atomic E-state index is 0.165. The van der Waals surface area contributed by atoms with Crippen LogP contribution in [0, 0.1) is 16.7 Å². The van der Waals surface area contributed by atoms with Crippen molar-refractivity contribution in [2.75, 3.05) is 6.54 Å². The van der Waals surface area contributed by atoms with E-state index < -0.39 is 0 Å². The van der Waals surface area contributed by atoms with Gasteiger partial charge in [0.2, 0.25) is 0 Å². The first-order chi connectivity index (χ1) is 9.10. The Morgan fingerprint density at radius 2 is 1.85 bits per heavy atom. The highest BCUT2D eigenvalue weighted by molar-refractivity contribution is 5.08. The molecule has 0 saturated heterocycles. The lowest BCUT2D eigenvalue weighted by Crippen LogP contribution is -2.41. The van der Waals surface area contributed by atoms with Crippen LogP contribution in [0.3, 0.4) is 0 Å². The fourth-order valence-corrected chi connectivity index (χ4v) is 2.64. The maximum Gasteiger partial charge on any atom is 0.150 e. The Kier molecular flexibility index (Phi) is 3.98. The van der Waals surface area contributed by atoms with Gasteiger partial charge in [0, 0.05) is 19.5 Å². The van der Waals surface area contributed by atoms with Crippen LogP contribution in [0.1, 0.15) is 66.2 Å². The number of rotatable bonds is 2. The van der Waals surface area contributed by atoms with E-state index in [1.54, 1.807) is 0 Å². The third-order valence-corrected chi connectivity index (χ3v) is 4.63. The highest BCUT2D eigenvalue weighted by Crippen LogP contribution is 2.34. The molecule has 4 nitrogen and oxygen atoms in total. The van der Waals surface area contributed by atoms with Crippen molar-refractivity contribution in [3.05, 3.63) is 11.6 Å². The van der Waals surface area contributed by atoms with Gasteiger partial charge in [0.1, 0.15) is 5.82 Å². The van der Waals surface area contributed by atoms with Crippen molar-refractivity contribution in [2.45, 2.75) is 67.5 Å². The van der Waals surface area contributed by atoms with Crippen LogP contribution in [0.15, 0.2) is 0 Å². The fourth-order valence-electron chi connectivity index (χ4n) is 2.64. The van der Waals surface area contributed by atoms with Gasteiger partial charge >= 0.3 is 0 Å². The molecule has 2 unspecified atom stereocenters. The SMILES string of the molecule is CC(Cc1nnc2n1CCNC2C(C)(C)C)C(C)(C)C. The maximum absolute atomic E-state index is 4.49. The molecule has 1 N–H and O–H groups in total. The summed E-state index contributed by atoms with van der Waals surface area (Å²) in [6.45, 7) is 18.0. The Morgan fingerprint density at radius 3 is 2.40 bits per heavy atom. The van der Waals surface area contributed by atoms with Gasteiger partial charge in [0.05, 0.1) is 6.04 Å². The first-order valence-electron chi connectivity index (χ1n) is 7.76. The van der Waals surface area contributed by atoms with Crippen molar-refractivity contribution < 1.29 is 0 Å². The topological polar surface area (TPSA) is 42.7 Å². The first-order valence-corrected chi connectivity index (χ1v) is 7.76. The van der Waals surface area contributed by atoms with Crippen LogP contribution in [0.2, 0.25) is 0 Å². The van der Waals surface area contributed by atoms with E-state index in [1.807, 2.05) is 0 Å². The molecule has 1 aliphatic rings. The normalized spacial score (nSPS) is 21.6. The Bertz CT molecular complexity index is 462. The van der Waals surface area contributed by atoms with E-state index in [0.717, 1.165) is 31.2 Å². The van der Waals surface area contributed by atoms with Crippen LogP contribution >= 0.6 is 0 Å². The summed E-state index contributed by atoms with van der Waals surface area (Å²) in [5, 5.41) is 12.6. The molecule has 1 aromatic rings. The van der Waals surface area contributed by atoms with E-state index in [2.05, 4.69) is 68.5 Å². The van der Waals surface area contributed by atoms with Crippen LogP contribution in [0.5, 0.6) is 0 Å². The predicted molar refractivity (Wildman–Crippen MR) is 82.5 cm³/mol. The molecule has 1 aromatic heterocycles. The number of hydrogen-bond donors (Lipinski definition) is 1. The summed E-state index contributed by atoms with van der Waals surface area (Å²) in [6.07, 6.45) is 1.01. The second-order valence-corrected chi connectivity index (χ2v) is 8.35. The molecule has 2 atom stereocenters. The average molecular weight is 278 g/mol. The number of fused-ring (bicyclic) bond motifs is 1. The molecule has 2 rings (SSSR count). The minimum atomic E-state index is 0.165. The molecule has 0 saturated carbocycles. The van der Waals surface area contributed by atoms with Gasteiger partial charge < -0.3 is 9.88 Å². The molecule has 1 aliphatic heterocycles.